The zero-order valence-electron chi connectivity index (χ0n) is 13.4. The van der Waals surface area contributed by atoms with Crippen molar-refractivity contribution in [2.45, 2.75) is 19.8 Å². The van der Waals surface area contributed by atoms with E-state index in [2.05, 4.69) is 15.5 Å². The number of hydrogen-bond acceptors (Lipinski definition) is 4. The first kappa shape index (κ1) is 15.9. The number of benzene rings is 1. The van der Waals surface area contributed by atoms with Gasteiger partial charge in [0.05, 0.1) is 11.9 Å². The molecule has 0 spiro atoms. The second-order valence-corrected chi connectivity index (χ2v) is 5.51. The molecule has 0 aliphatic heterocycles. The fourth-order valence-corrected chi connectivity index (χ4v) is 2.41. The lowest BCUT2D eigenvalue weighted by Gasteiger charge is -2.04. The van der Waals surface area contributed by atoms with E-state index in [0.29, 0.717) is 35.5 Å². The molecule has 0 saturated carbocycles. The van der Waals surface area contributed by atoms with Gasteiger partial charge >= 0.3 is 0 Å². The lowest BCUT2D eigenvalue weighted by molar-refractivity contribution is -0.116. The van der Waals surface area contributed by atoms with E-state index in [9.17, 15) is 9.18 Å². The summed E-state index contributed by atoms with van der Waals surface area (Å²) in [5.41, 5.74) is 1.88. The van der Waals surface area contributed by atoms with Crippen LogP contribution in [0.1, 0.15) is 17.7 Å². The Morgan fingerprint density at radius 3 is 2.88 bits per heavy atom. The lowest BCUT2D eigenvalue weighted by atomic mass is 10.1. The van der Waals surface area contributed by atoms with Gasteiger partial charge in [0.2, 0.25) is 5.91 Å². The molecule has 1 N–H and O–H groups in total. The van der Waals surface area contributed by atoms with Gasteiger partial charge in [-0.2, -0.15) is 0 Å². The number of nitrogens with one attached hydrogen (secondary N) is 1. The van der Waals surface area contributed by atoms with Crippen LogP contribution in [0.5, 0.6) is 0 Å². The van der Waals surface area contributed by atoms with Crippen molar-refractivity contribution in [1.82, 2.24) is 14.7 Å². The van der Waals surface area contributed by atoms with Gasteiger partial charge in [0, 0.05) is 30.9 Å². The molecule has 0 fully saturated rings. The van der Waals surface area contributed by atoms with Crippen LogP contribution in [-0.4, -0.2) is 20.6 Å². The number of carbonyl (C=O) groups is 1. The third kappa shape index (κ3) is 3.19. The Hall–Kier alpha value is -2.96. The Labute approximate surface area is 138 Å². The third-order valence-corrected chi connectivity index (χ3v) is 3.82. The van der Waals surface area contributed by atoms with E-state index >= 15 is 0 Å². The highest BCUT2D eigenvalue weighted by Gasteiger charge is 2.18. The van der Waals surface area contributed by atoms with Gasteiger partial charge < -0.3 is 14.4 Å². The number of nitrogens with zero attached hydrogens (tertiary/aromatic N) is 3. The second kappa shape index (κ2) is 6.66. The Morgan fingerprint density at radius 1 is 1.38 bits per heavy atom. The summed E-state index contributed by atoms with van der Waals surface area (Å²) >= 11 is 0. The standard InChI is InChI=1S/C17H17FN4O2/c1-11-16(13-5-3-4-6-14(13)18)24-21-17(11)20-15(23)8-7-12-9-19-10-22(12)2/h3-6,9-10H,7-8H2,1-2H3,(H,20,21,23). The van der Waals surface area contributed by atoms with Crippen molar-refractivity contribution in [3.63, 3.8) is 0 Å². The number of imidazole rings is 1. The van der Waals surface area contributed by atoms with Crippen LogP contribution in [0.15, 0.2) is 41.3 Å². The van der Waals surface area contributed by atoms with Crippen LogP contribution in [0.3, 0.4) is 0 Å². The van der Waals surface area contributed by atoms with Crippen molar-refractivity contribution in [2.24, 2.45) is 7.05 Å². The van der Waals surface area contributed by atoms with Gasteiger partial charge in [0.15, 0.2) is 11.6 Å². The minimum Gasteiger partial charge on any atom is -0.354 e. The molecular weight excluding hydrogens is 311 g/mol. The molecular formula is C17H17FN4O2. The fraction of sp³-hybridized carbons (Fsp3) is 0.235. The van der Waals surface area contributed by atoms with Crippen LogP contribution in [0, 0.1) is 12.7 Å². The number of rotatable bonds is 5. The van der Waals surface area contributed by atoms with Crippen molar-refractivity contribution >= 4 is 11.7 Å². The van der Waals surface area contributed by atoms with E-state index in [-0.39, 0.29) is 5.91 Å². The van der Waals surface area contributed by atoms with E-state index in [1.165, 1.54) is 6.07 Å². The van der Waals surface area contributed by atoms with Crippen LogP contribution >= 0.6 is 0 Å². The number of carbonyl (C=O) groups excluding carboxylic acids is 1. The van der Waals surface area contributed by atoms with Crippen molar-refractivity contribution in [3.8, 4) is 11.3 Å². The Morgan fingerprint density at radius 2 is 2.17 bits per heavy atom. The van der Waals surface area contributed by atoms with Crippen LogP contribution in [0.2, 0.25) is 0 Å². The number of amides is 1. The van der Waals surface area contributed by atoms with Crippen LogP contribution in [0.25, 0.3) is 11.3 Å². The van der Waals surface area contributed by atoms with Gasteiger partial charge in [0.25, 0.3) is 0 Å². The number of anilines is 1. The molecule has 124 valence electrons. The van der Waals surface area contributed by atoms with Gasteiger partial charge in [0.1, 0.15) is 5.82 Å². The first-order valence-electron chi connectivity index (χ1n) is 7.52. The number of aryl methyl sites for hydroxylation is 2. The summed E-state index contributed by atoms with van der Waals surface area (Å²) in [6.07, 6.45) is 4.28. The molecule has 0 aliphatic rings. The van der Waals surface area contributed by atoms with Gasteiger partial charge in [-0.25, -0.2) is 9.37 Å². The molecule has 6 nitrogen and oxygen atoms in total. The summed E-state index contributed by atoms with van der Waals surface area (Å²) in [6, 6.07) is 6.28. The highest BCUT2D eigenvalue weighted by Crippen LogP contribution is 2.30. The molecule has 0 radical (unpaired) electrons. The average Bonchev–Trinajstić information content (AvgIpc) is 3.13. The maximum Gasteiger partial charge on any atom is 0.226 e. The molecule has 0 bridgehead atoms. The molecule has 0 unspecified atom stereocenters. The Bertz CT molecular complexity index is 869. The molecule has 7 heteroatoms. The molecule has 3 aromatic rings. The molecule has 0 atom stereocenters. The number of halogens is 1. The highest BCUT2D eigenvalue weighted by molar-refractivity contribution is 5.91. The summed E-state index contributed by atoms with van der Waals surface area (Å²) in [5, 5.41) is 6.55. The quantitative estimate of drug-likeness (QED) is 0.781. The van der Waals surface area contributed by atoms with Crippen molar-refractivity contribution < 1.29 is 13.7 Å². The fourth-order valence-electron chi connectivity index (χ4n) is 2.41. The first-order valence-corrected chi connectivity index (χ1v) is 7.52. The Kier molecular flexibility index (Phi) is 4.41. The monoisotopic (exact) mass is 328 g/mol. The SMILES string of the molecule is Cc1c(NC(=O)CCc2cncn2C)noc1-c1ccccc1F. The van der Waals surface area contributed by atoms with E-state index < -0.39 is 5.82 Å². The maximum absolute atomic E-state index is 13.9. The van der Waals surface area contributed by atoms with Crippen LogP contribution < -0.4 is 5.32 Å². The zero-order chi connectivity index (χ0) is 17.1. The predicted octanol–water partition coefficient (Wildman–Crippen LogP) is 3.09. The first-order chi connectivity index (χ1) is 11.6. The van der Waals surface area contributed by atoms with E-state index in [1.807, 2.05) is 11.6 Å². The van der Waals surface area contributed by atoms with Gasteiger partial charge in [-0.05, 0) is 25.5 Å². The number of hydrogen-bond donors (Lipinski definition) is 1. The molecule has 24 heavy (non-hydrogen) atoms. The van der Waals surface area contributed by atoms with E-state index in [4.69, 9.17) is 4.52 Å². The molecule has 0 saturated heterocycles. The zero-order valence-corrected chi connectivity index (χ0v) is 13.4. The smallest absolute Gasteiger partial charge is 0.226 e. The lowest BCUT2D eigenvalue weighted by Crippen LogP contribution is -2.14. The summed E-state index contributed by atoms with van der Waals surface area (Å²) < 4.78 is 20.9. The summed E-state index contributed by atoms with van der Waals surface area (Å²) in [5.74, 6) is 0.0387. The maximum atomic E-state index is 13.9. The molecule has 0 aliphatic carbocycles. The highest BCUT2D eigenvalue weighted by atomic mass is 19.1. The predicted molar refractivity (Wildman–Crippen MR) is 86.8 cm³/mol. The normalized spacial score (nSPS) is 10.8. The molecule has 2 heterocycles. The summed E-state index contributed by atoms with van der Waals surface area (Å²) in [6.45, 7) is 1.73. The van der Waals surface area contributed by atoms with Gasteiger partial charge in [-0.15, -0.1) is 0 Å². The summed E-state index contributed by atoms with van der Waals surface area (Å²) in [7, 11) is 1.88. The second-order valence-electron chi connectivity index (χ2n) is 5.51. The minimum absolute atomic E-state index is 0.187. The Balaban J connectivity index is 1.69. The third-order valence-electron chi connectivity index (χ3n) is 3.82. The summed E-state index contributed by atoms with van der Waals surface area (Å²) in [4.78, 5) is 16.1. The molecule has 3 rings (SSSR count). The van der Waals surface area contributed by atoms with Crippen molar-refractivity contribution in [3.05, 3.63) is 53.9 Å². The average molecular weight is 328 g/mol. The number of aromatic nitrogens is 3. The molecule has 1 aromatic carbocycles. The topological polar surface area (TPSA) is 73.0 Å². The molecule has 2 aromatic heterocycles. The van der Waals surface area contributed by atoms with Crippen molar-refractivity contribution in [2.75, 3.05) is 5.32 Å². The van der Waals surface area contributed by atoms with Crippen molar-refractivity contribution in [1.29, 1.82) is 0 Å². The largest absolute Gasteiger partial charge is 0.354 e. The van der Waals surface area contributed by atoms with Crippen LogP contribution in [0.4, 0.5) is 10.2 Å². The van der Waals surface area contributed by atoms with Crippen LogP contribution in [-0.2, 0) is 18.3 Å². The van der Waals surface area contributed by atoms with E-state index in [1.54, 1.807) is 37.6 Å². The molecule has 1 amide bonds. The van der Waals surface area contributed by atoms with Gasteiger partial charge in [-0.3, -0.25) is 4.79 Å². The van der Waals surface area contributed by atoms with Gasteiger partial charge in [-0.1, -0.05) is 17.3 Å². The van der Waals surface area contributed by atoms with E-state index in [0.717, 1.165) is 5.69 Å². The minimum atomic E-state index is -0.397.